The fourth-order valence-electron chi connectivity index (χ4n) is 2.44. The molecule has 4 heteroatoms. The lowest BCUT2D eigenvalue weighted by atomic mass is 9.83. The molecule has 1 aliphatic carbocycles. The van der Waals surface area contributed by atoms with Gasteiger partial charge in [0, 0.05) is 19.1 Å². The highest BCUT2D eigenvalue weighted by molar-refractivity contribution is 5.67. The Morgan fingerprint density at radius 3 is 3.27 bits per heavy atom. The lowest BCUT2D eigenvalue weighted by Gasteiger charge is -2.29. The number of amides is 1. The summed E-state index contributed by atoms with van der Waals surface area (Å²) < 4.78 is 4.90. The predicted molar refractivity (Wildman–Crippen MR) is 57.6 cm³/mol. The normalized spacial score (nSPS) is 33.5. The maximum atomic E-state index is 11.3. The Morgan fingerprint density at radius 1 is 1.60 bits per heavy atom. The van der Waals surface area contributed by atoms with E-state index >= 15 is 0 Å². The Bertz CT molecular complexity index is 265. The molecule has 15 heavy (non-hydrogen) atoms. The first-order chi connectivity index (χ1) is 7.31. The van der Waals surface area contributed by atoms with E-state index in [4.69, 9.17) is 4.74 Å². The maximum Gasteiger partial charge on any atom is 0.407 e. The summed E-state index contributed by atoms with van der Waals surface area (Å²) in [4.78, 5) is 11.3. The third kappa shape index (κ3) is 2.31. The summed E-state index contributed by atoms with van der Waals surface area (Å²) >= 11 is 0. The van der Waals surface area contributed by atoms with Gasteiger partial charge in [-0.2, -0.15) is 0 Å². The first kappa shape index (κ1) is 10.5. The highest BCUT2D eigenvalue weighted by Crippen LogP contribution is 2.27. The SMILES string of the molecule is CCOC(=O)N[C@H]1CC=C[C@@H]2CNC[C@H]21. The molecule has 0 unspecified atom stereocenters. The average Bonchev–Trinajstić information content (AvgIpc) is 2.67. The van der Waals surface area contributed by atoms with Crippen molar-refractivity contribution < 1.29 is 9.53 Å². The number of hydrogen-bond acceptors (Lipinski definition) is 3. The fraction of sp³-hybridized carbons (Fsp3) is 0.727. The molecule has 0 spiro atoms. The van der Waals surface area contributed by atoms with E-state index in [1.54, 1.807) is 0 Å². The second-order valence-corrected chi connectivity index (χ2v) is 4.12. The number of rotatable bonds is 2. The van der Waals surface area contributed by atoms with Crippen molar-refractivity contribution in [3.05, 3.63) is 12.2 Å². The van der Waals surface area contributed by atoms with Crippen LogP contribution in [-0.2, 0) is 4.74 Å². The molecule has 0 radical (unpaired) electrons. The summed E-state index contributed by atoms with van der Waals surface area (Å²) in [6.07, 6.45) is 5.05. The Balaban J connectivity index is 1.91. The monoisotopic (exact) mass is 210 g/mol. The van der Waals surface area contributed by atoms with Crippen LogP contribution in [0.25, 0.3) is 0 Å². The Labute approximate surface area is 90.1 Å². The molecule has 2 rings (SSSR count). The number of fused-ring (bicyclic) bond motifs is 1. The van der Waals surface area contributed by atoms with Crippen LogP contribution in [0.3, 0.4) is 0 Å². The third-order valence-corrected chi connectivity index (χ3v) is 3.18. The highest BCUT2D eigenvalue weighted by atomic mass is 16.5. The average molecular weight is 210 g/mol. The molecule has 1 amide bonds. The lowest BCUT2D eigenvalue weighted by Crippen LogP contribution is -2.44. The Kier molecular flexibility index (Phi) is 3.26. The Hall–Kier alpha value is -1.03. The minimum atomic E-state index is -0.288. The van der Waals surface area contributed by atoms with E-state index < -0.39 is 0 Å². The van der Waals surface area contributed by atoms with Crippen LogP contribution in [0.15, 0.2) is 12.2 Å². The predicted octanol–water partition coefficient (Wildman–Crippen LogP) is 0.897. The van der Waals surface area contributed by atoms with Gasteiger partial charge in [0.2, 0.25) is 0 Å². The second kappa shape index (κ2) is 4.66. The molecule has 0 aromatic rings. The molecule has 3 atom stereocenters. The second-order valence-electron chi connectivity index (χ2n) is 4.12. The van der Waals surface area contributed by atoms with Crippen molar-refractivity contribution in [2.45, 2.75) is 19.4 Å². The van der Waals surface area contributed by atoms with Gasteiger partial charge in [-0.3, -0.25) is 0 Å². The number of alkyl carbamates (subject to hydrolysis) is 1. The van der Waals surface area contributed by atoms with E-state index in [0.717, 1.165) is 19.5 Å². The van der Waals surface area contributed by atoms with Gasteiger partial charge in [0.15, 0.2) is 0 Å². The minimum Gasteiger partial charge on any atom is -0.450 e. The third-order valence-electron chi connectivity index (χ3n) is 3.18. The van der Waals surface area contributed by atoms with Gasteiger partial charge in [0.1, 0.15) is 0 Å². The summed E-state index contributed by atoms with van der Waals surface area (Å²) in [5.41, 5.74) is 0. The van der Waals surface area contributed by atoms with E-state index in [9.17, 15) is 4.79 Å². The molecule has 0 aromatic carbocycles. The minimum absolute atomic E-state index is 0.231. The van der Waals surface area contributed by atoms with Crippen molar-refractivity contribution in [2.24, 2.45) is 11.8 Å². The summed E-state index contributed by atoms with van der Waals surface area (Å²) in [6, 6.07) is 0.231. The number of nitrogens with one attached hydrogen (secondary N) is 2. The maximum absolute atomic E-state index is 11.3. The van der Waals surface area contributed by atoms with E-state index in [2.05, 4.69) is 22.8 Å². The van der Waals surface area contributed by atoms with Gasteiger partial charge in [0.25, 0.3) is 0 Å². The highest BCUT2D eigenvalue weighted by Gasteiger charge is 2.34. The van der Waals surface area contributed by atoms with Gasteiger partial charge in [-0.1, -0.05) is 12.2 Å². The fourth-order valence-corrected chi connectivity index (χ4v) is 2.44. The van der Waals surface area contributed by atoms with Crippen LogP contribution in [0.2, 0.25) is 0 Å². The zero-order chi connectivity index (χ0) is 10.7. The number of carbonyl (C=O) groups is 1. The van der Waals surface area contributed by atoms with Crippen molar-refractivity contribution in [1.82, 2.24) is 10.6 Å². The van der Waals surface area contributed by atoms with Crippen LogP contribution in [0, 0.1) is 11.8 Å². The van der Waals surface area contributed by atoms with Gasteiger partial charge in [-0.05, 0) is 25.2 Å². The quantitative estimate of drug-likeness (QED) is 0.666. The molecule has 84 valence electrons. The molecule has 0 aromatic heterocycles. The molecule has 1 heterocycles. The number of hydrogen-bond donors (Lipinski definition) is 2. The van der Waals surface area contributed by atoms with Crippen LogP contribution >= 0.6 is 0 Å². The van der Waals surface area contributed by atoms with Crippen molar-refractivity contribution >= 4 is 6.09 Å². The van der Waals surface area contributed by atoms with Gasteiger partial charge in [0.05, 0.1) is 6.61 Å². The molecule has 4 nitrogen and oxygen atoms in total. The molecule has 1 fully saturated rings. The van der Waals surface area contributed by atoms with Gasteiger partial charge >= 0.3 is 6.09 Å². The largest absolute Gasteiger partial charge is 0.450 e. The van der Waals surface area contributed by atoms with Gasteiger partial charge in [-0.15, -0.1) is 0 Å². The Morgan fingerprint density at radius 2 is 2.47 bits per heavy atom. The van der Waals surface area contributed by atoms with Crippen LogP contribution < -0.4 is 10.6 Å². The molecule has 1 saturated heterocycles. The standard InChI is InChI=1S/C11H18N2O2/c1-2-15-11(14)13-10-5-3-4-8-6-12-7-9(8)10/h3-4,8-10,12H,2,5-7H2,1H3,(H,13,14)/t8-,9-,10+/m1/s1. The summed E-state index contributed by atoms with van der Waals surface area (Å²) in [5.74, 6) is 1.10. The van der Waals surface area contributed by atoms with Crippen molar-refractivity contribution in [2.75, 3.05) is 19.7 Å². The molecular formula is C11H18N2O2. The molecule has 0 bridgehead atoms. The zero-order valence-electron chi connectivity index (χ0n) is 9.03. The first-order valence-electron chi connectivity index (χ1n) is 5.62. The van der Waals surface area contributed by atoms with Crippen LogP contribution in [0.5, 0.6) is 0 Å². The topological polar surface area (TPSA) is 50.4 Å². The van der Waals surface area contributed by atoms with Gasteiger partial charge < -0.3 is 15.4 Å². The molecule has 2 N–H and O–H groups in total. The number of carbonyl (C=O) groups excluding carboxylic acids is 1. The van der Waals surface area contributed by atoms with E-state index in [1.165, 1.54) is 0 Å². The van der Waals surface area contributed by atoms with Crippen molar-refractivity contribution in [1.29, 1.82) is 0 Å². The van der Waals surface area contributed by atoms with Crippen LogP contribution in [0.4, 0.5) is 4.79 Å². The van der Waals surface area contributed by atoms with Gasteiger partial charge in [-0.25, -0.2) is 4.79 Å². The smallest absolute Gasteiger partial charge is 0.407 e. The van der Waals surface area contributed by atoms with Crippen molar-refractivity contribution in [3.63, 3.8) is 0 Å². The summed E-state index contributed by atoms with van der Waals surface area (Å²) in [6.45, 7) is 4.27. The number of ether oxygens (including phenoxy) is 1. The van der Waals surface area contributed by atoms with E-state index in [-0.39, 0.29) is 12.1 Å². The molecular weight excluding hydrogens is 192 g/mol. The van der Waals surface area contributed by atoms with E-state index in [1.807, 2.05) is 6.92 Å². The van der Waals surface area contributed by atoms with Crippen molar-refractivity contribution in [3.8, 4) is 0 Å². The summed E-state index contributed by atoms with van der Waals surface area (Å²) in [5, 5.41) is 6.29. The zero-order valence-corrected chi connectivity index (χ0v) is 9.03. The lowest BCUT2D eigenvalue weighted by molar-refractivity contribution is 0.142. The van der Waals surface area contributed by atoms with Crippen LogP contribution in [-0.4, -0.2) is 31.8 Å². The summed E-state index contributed by atoms with van der Waals surface area (Å²) in [7, 11) is 0. The molecule has 1 aliphatic heterocycles. The molecule has 0 saturated carbocycles. The first-order valence-corrected chi connectivity index (χ1v) is 5.62. The van der Waals surface area contributed by atoms with E-state index in [0.29, 0.717) is 18.4 Å². The molecule has 2 aliphatic rings. The van der Waals surface area contributed by atoms with Crippen LogP contribution in [0.1, 0.15) is 13.3 Å².